The highest BCUT2D eigenvalue weighted by Gasteiger charge is 2.31. The van der Waals surface area contributed by atoms with E-state index in [1.54, 1.807) is 7.11 Å². The molecule has 2 atom stereocenters. The molecule has 0 saturated carbocycles. The molecule has 0 bridgehead atoms. The topological polar surface area (TPSA) is 70.6 Å². The molecule has 1 saturated heterocycles. The molecule has 2 rings (SSSR count). The van der Waals surface area contributed by atoms with E-state index in [0.29, 0.717) is 6.54 Å². The Morgan fingerprint density at radius 1 is 1.41 bits per heavy atom. The molecule has 0 amide bonds. The fourth-order valence-electron chi connectivity index (χ4n) is 2.07. The normalized spacial score (nSPS) is 24.3. The van der Waals surface area contributed by atoms with Crippen LogP contribution < -0.4 is 15.4 Å². The molecular formula is C12H16N2O3. The zero-order chi connectivity index (χ0) is 12.3. The van der Waals surface area contributed by atoms with E-state index in [0.717, 1.165) is 17.9 Å². The molecule has 0 aliphatic carbocycles. The maximum atomic E-state index is 11.2. The SMILES string of the molecule is COc1cccc(C2NCCNC2C(=O)O)c1. The summed E-state index contributed by atoms with van der Waals surface area (Å²) >= 11 is 0. The summed E-state index contributed by atoms with van der Waals surface area (Å²) in [5.41, 5.74) is 0.920. The average molecular weight is 236 g/mol. The van der Waals surface area contributed by atoms with Crippen LogP contribution in [0.25, 0.3) is 0 Å². The lowest BCUT2D eigenvalue weighted by molar-refractivity contribution is -0.140. The molecule has 1 aliphatic rings. The van der Waals surface area contributed by atoms with Gasteiger partial charge in [0.2, 0.25) is 0 Å². The van der Waals surface area contributed by atoms with Gasteiger partial charge in [-0.05, 0) is 17.7 Å². The molecule has 1 aliphatic heterocycles. The average Bonchev–Trinajstić information content (AvgIpc) is 2.39. The smallest absolute Gasteiger partial charge is 0.322 e. The van der Waals surface area contributed by atoms with E-state index in [2.05, 4.69) is 10.6 Å². The van der Waals surface area contributed by atoms with Gasteiger partial charge in [-0.3, -0.25) is 4.79 Å². The lowest BCUT2D eigenvalue weighted by atomic mass is 9.97. The predicted octanol–water partition coefficient (Wildman–Crippen LogP) is 0.382. The van der Waals surface area contributed by atoms with Gasteiger partial charge in [-0.2, -0.15) is 0 Å². The molecule has 1 fully saturated rings. The molecule has 0 aromatic heterocycles. The largest absolute Gasteiger partial charge is 0.497 e. The van der Waals surface area contributed by atoms with E-state index in [-0.39, 0.29) is 6.04 Å². The summed E-state index contributed by atoms with van der Waals surface area (Å²) in [5, 5.41) is 15.4. The highest BCUT2D eigenvalue weighted by Crippen LogP contribution is 2.23. The maximum absolute atomic E-state index is 11.2. The van der Waals surface area contributed by atoms with Crippen molar-refractivity contribution in [3.8, 4) is 5.75 Å². The first-order valence-electron chi connectivity index (χ1n) is 5.56. The van der Waals surface area contributed by atoms with E-state index in [4.69, 9.17) is 9.84 Å². The quantitative estimate of drug-likeness (QED) is 0.708. The lowest BCUT2D eigenvalue weighted by Crippen LogP contribution is -2.54. The Labute approximate surface area is 99.8 Å². The second kappa shape index (κ2) is 5.16. The first-order chi connectivity index (χ1) is 8.22. The van der Waals surface area contributed by atoms with E-state index in [9.17, 15) is 4.79 Å². The minimum atomic E-state index is -0.843. The third-order valence-corrected chi connectivity index (χ3v) is 2.91. The van der Waals surface area contributed by atoms with Crippen molar-refractivity contribution >= 4 is 5.97 Å². The summed E-state index contributed by atoms with van der Waals surface area (Å²) in [5.74, 6) is -0.107. The fraction of sp³-hybridized carbons (Fsp3) is 0.417. The molecule has 17 heavy (non-hydrogen) atoms. The summed E-state index contributed by atoms with van der Waals surface area (Å²) in [6, 6.07) is 6.65. The van der Waals surface area contributed by atoms with Gasteiger partial charge in [0.25, 0.3) is 0 Å². The molecule has 92 valence electrons. The maximum Gasteiger partial charge on any atom is 0.322 e. The number of piperazine rings is 1. The van der Waals surface area contributed by atoms with Crippen LogP contribution in [-0.4, -0.2) is 37.3 Å². The van der Waals surface area contributed by atoms with Gasteiger partial charge in [0.15, 0.2) is 0 Å². The van der Waals surface area contributed by atoms with Crippen LogP contribution in [0.2, 0.25) is 0 Å². The molecule has 3 N–H and O–H groups in total. The van der Waals surface area contributed by atoms with Gasteiger partial charge in [-0.1, -0.05) is 12.1 Å². The van der Waals surface area contributed by atoms with E-state index >= 15 is 0 Å². The predicted molar refractivity (Wildman–Crippen MR) is 63.2 cm³/mol. The van der Waals surface area contributed by atoms with Crippen molar-refractivity contribution in [3.05, 3.63) is 29.8 Å². The third-order valence-electron chi connectivity index (χ3n) is 2.91. The van der Waals surface area contributed by atoms with Crippen molar-refractivity contribution in [2.75, 3.05) is 20.2 Å². The van der Waals surface area contributed by atoms with Gasteiger partial charge in [0.1, 0.15) is 11.8 Å². The van der Waals surface area contributed by atoms with Gasteiger partial charge in [-0.15, -0.1) is 0 Å². The molecule has 5 nitrogen and oxygen atoms in total. The molecule has 1 heterocycles. The lowest BCUT2D eigenvalue weighted by Gasteiger charge is -2.31. The number of carboxylic acids is 1. The first kappa shape index (κ1) is 11.9. The van der Waals surface area contributed by atoms with Crippen LogP contribution in [0.5, 0.6) is 5.75 Å². The number of carbonyl (C=O) groups is 1. The number of carboxylic acid groups (broad SMARTS) is 1. The number of hydrogen-bond acceptors (Lipinski definition) is 4. The Morgan fingerprint density at radius 3 is 2.88 bits per heavy atom. The van der Waals surface area contributed by atoms with Crippen molar-refractivity contribution in [3.63, 3.8) is 0 Å². The number of aliphatic carboxylic acids is 1. The van der Waals surface area contributed by atoms with Crippen LogP contribution in [0.3, 0.4) is 0 Å². The molecule has 1 aromatic carbocycles. The Hall–Kier alpha value is -1.59. The molecule has 0 radical (unpaired) electrons. The van der Waals surface area contributed by atoms with Gasteiger partial charge in [0, 0.05) is 13.1 Å². The highest BCUT2D eigenvalue weighted by atomic mass is 16.5. The van der Waals surface area contributed by atoms with Crippen molar-refractivity contribution in [1.82, 2.24) is 10.6 Å². The summed E-state index contributed by atoms with van der Waals surface area (Å²) < 4.78 is 5.15. The van der Waals surface area contributed by atoms with Crippen LogP contribution in [0.15, 0.2) is 24.3 Å². The van der Waals surface area contributed by atoms with Crippen molar-refractivity contribution in [2.45, 2.75) is 12.1 Å². The van der Waals surface area contributed by atoms with Gasteiger partial charge in [0.05, 0.1) is 13.2 Å². The van der Waals surface area contributed by atoms with Crippen molar-refractivity contribution in [1.29, 1.82) is 0 Å². The summed E-state index contributed by atoms with van der Waals surface area (Å²) in [6.07, 6.45) is 0. The molecule has 1 aromatic rings. The third kappa shape index (κ3) is 2.57. The van der Waals surface area contributed by atoms with Crippen LogP contribution in [0.1, 0.15) is 11.6 Å². The zero-order valence-corrected chi connectivity index (χ0v) is 9.64. The standard InChI is InChI=1S/C12H16N2O3/c1-17-9-4-2-3-8(7-9)10-11(12(15)16)14-6-5-13-10/h2-4,7,10-11,13-14H,5-6H2,1H3,(H,15,16). The number of methoxy groups -OCH3 is 1. The van der Waals surface area contributed by atoms with Gasteiger partial charge in [-0.25, -0.2) is 0 Å². The van der Waals surface area contributed by atoms with Crippen LogP contribution in [-0.2, 0) is 4.79 Å². The van der Waals surface area contributed by atoms with Crippen LogP contribution >= 0.6 is 0 Å². The van der Waals surface area contributed by atoms with Crippen molar-refractivity contribution in [2.24, 2.45) is 0 Å². The minimum Gasteiger partial charge on any atom is -0.497 e. The molecular weight excluding hydrogens is 220 g/mol. The Balaban J connectivity index is 2.26. The fourth-order valence-corrected chi connectivity index (χ4v) is 2.07. The number of benzene rings is 1. The number of nitrogens with one attached hydrogen (secondary N) is 2. The Bertz CT molecular complexity index is 408. The second-order valence-corrected chi connectivity index (χ2v) is 3.98. The summed E-state index contributed by atoms with van der Waals surface area (Å²) in [7, 11) is 1.60. The number of ether oxygens (including phenoxy) is 1. The molecule has 5 heteroatoms. The van der Waals surface area contributed by atoms with Gasteiger partial charge < -0.3 is 20.5 Å². The Morgan fingerprint density at radius 2 is 2.18 bits per heavy atom. The van der Waals surface area contributed by atoms with E-state index in [1.165, 1.54) is 0 Å². The number of rotatable bonds is 3. The highest BCUT2D eigenvalue weighted by molar-refractivity contribution is 5.75. The minimum absolute atomic E-state index is 0.226. The molecule has 0 spiro atoms. The zero-order valence-electron chi connectivity index (χ0n) is 9.64. The Kier molecular flexibility index (Phi) is 3.61. The van der Waals surface area contributed by atoms with Crippen molar-refractivity contribution < 1.29 is 14.6 Å². The van der Waals surface area contributed by atoms with Crippen LogP contribution in [0.4, 0.5) is 0 Å². The summed E-state index contributed by atoms with van der Waals surface area (Å²) in [6.45, 7) is 1.42. The van der Waals surface area contributed by atoms with E-state index in [1.807, 2.05) is 24.3 Å². The van der Waals surface area contributed by atoms with Gasteiger partial charge >= 0.3 is 5.97 Å². The second-order valence-electron chi connectivity index (χ2n) is 3.98. The monoisotopic (exact) mass is 236 g/mol. The van der Waals surface area contributed by atoms with Crippen LogP contribution in [0, 0.1) is 0 Å². The number of hydrogen-bond donors (Lipinski definition) is 3. The van der Waals surface area contributed by atoms with E-state index < -0.39 is 12.0 Å². The molecule has 2 unspecified atom stereocenters. The summed E-state index contributed by atoms with van der Waals surface area (Å²) in [4.78, 5) is 11.2. The first-order valence-corrected chi connectivity index (χ1v) is 5.56.